The lowest BCUT2D eigenvalue weighted by atomic mass is 10.1. The first kappa shape index (κ1) is 12.4. The fourth-order valence-electron chi connectivity index (χ4n) is 1.77. The maximum atomic E-state index is 5.25. The summed E-state index contributed by atoms with van der Waals surface area (Å²) in [5.74, 6) is 0.853. The number of hydrogen-bond acceptors (Lipinski definition) is 3. The van der Waals surface area contributed by atoms with E-state index in [-0.39, 0.29) is 0 Å². The lowest BCUT2D eigenvalue weighted by Crippen LogP contribution is -2.02. The summed E-state index contributed by atoms with van der Waals surface area (Å²) in [6.45, 7) is 3.05. The fraction of sp³-hybridized carbons (Fsp3) is 0.267. The molecule has 0 saturated heterocycles. The van der Waals surface area contributed by atoms with Crippen molar-refractivity contribution in [1.82, 2.24) is 4.98 Å². The van der Waals surface area contributed by atoms with E-state index in [1.54, 1.807) is 13.3 Å². The minimum absolute atomic E-state index is 0.853. The van der Waals surface area contributed by atoms with Crippen molar-refractivity contribution < 1.29 is 4.74 Å². The van der Waals surface area contributed by atoms with Gasteiger partial charge in [0.15, 0.2) is 0 Å². The number of rotatable bonds is 5. The summed E-state index contributed by atoms with van der Waals surface area (Å²) in [5.41, 5.74) is 3.14. The van der Waals surface area contributed by atoms with Gasteiger partial charge in [-0.1, -0.05) is 19.1 Å². The van der Waals surface area contributed by atoms with Crippen molar-refractivity contribution in [2.24, 2.45) is 0 Å². The third kappa shape index (κ3) is 2.80. The van der Waals surface area contributed by atoms with Crippen LogP contribution in [0, 0.1) is 6.20 Å². The molecule has 0 amide bonds. The van der Waals surface area contributed by atoms with E-state index in [1.165, 1.54) is 0 Å². The Bertz CT molecular complexity index is 511. The van der Waals surface area contributed by atoms with Crippen LogP contribution >= 0.6 is 0 Å². The van der Waals surface area contributed by atoms with Crippen LogP contribution in [0.5, 0.6) is 5.75 Å². The average molecular weight is 241 g/mol. The Morgan fingerprint density at radius 2 is 2.22 bits per heavy atom. The highest BCUT2D eigenvalue weighted by molar-refractivity contribution is 5.77. The van der Waals surface area contributed by atoms with Crippen LogP contribution in [0.4, 0.5) is 5.69 Å². The predicted molar refractivity (Wildman–Crippen MR) is 73.8 cm³/mol. The third-order valence-corrected chi connectivity index (χ3v) is 2.69. The molecule has 0 unspecified atom stereocenters. The molecule has 0 aliphatic rings. The molecule has 2 rings (SSSR count). The number of ether oxygens (including phenoxy) is 1. The maximum Gasteiger partial charge on any atom is 0.119 e. The molecule has 1 radical (unpaired) electrons. The topological polar surface area (TPSA) is 34.2 Å². The Morgan fingerprint density at radius 3 is 3.00 bits per heavy atom. The zero-order valence-corrected chi connectivity index (χ0v) is 10.7. The van der Waals surface area contributed by atoms with Gasteiger partial charge < -0.3 is 10.1 Å². The number of methoxy groups -OCH3 is 1. The molecule has 0 atom stereocenters. The Kier molecular flexibility index (Phi) is 4.18. The van der Waals surface area contributed by atoms with Crippen molar-refractivity contribution in [1.29, 1.82) is 0 Å². The van der Waals surface area contributed by atoms with Gasteiger partial charge in [0.2, 0.25) is 0 Å². The minimum Gasteiger partial charge on any atom is -0.497 e. The van der Waals surface area contributed by atoms with Gasteiger partial charge in [0, 0.05) is 18.3 Å². The molecule has 0 fully saturated rings. The summed E-state index contributed by atoms with van der Waals surface area (Å²) in [5, 5.41) is 3.34. The Morgan fingerprint density at radius 1 is 1.33 bits per heavy atom. The first-order valence-corrected chi connectivity index (χ1v) is 6.10. The summed E-state index contributed by atoms with van der Waals surface area (Å²) >= 11 is 0. The van der Waals surface area contributed by atoms with Crippen molar-refractivity contribution in [3.8, 4) is 16.9 Å². The van der Waals surface area contributed by atoms with E-state index in [9.17, 15) is 0 Å². The highest BCUT2D eigenvalue weighted by atomic mass is 16.5. The minimum atomic E-state index is 0.853. The van der Waals surface area contributed by atoms with Crippen LogP contribution in [-0.2, 0) is 0 Å². The second-order valence-corrected chi connectivity index (χ2v) is 4.00. The van der Waals surface area contributed by atoms with Gasteiger partial charge in [0.1, 0.15) is 11.9 Å². The summed E-state index contributed by atoms with van der Waals surface area (Å²) < 4.78 is 5.25. The van der Waals surface area contributed by atoms with E-state index in [0.29, 0.717) is 0 Å². The Labute approximate surface area is 108 Å². The van der Waals surface area contributed by atoms with E-state index in [0.717, 1.165) is 35.5 Å². The lowest BCUT2D eigenvalue weighted by Gasteiger charge is -2.11. The highest BCUT2D eigenvalue weighted by Gasteiger charge is 2.05. The van der Waals surface area contributed by atoms with Crippen molar-refractivity contribution >= 4 is 5.69 Å². The average Bonchev–Trinajstić information content (AvgIpc) is 2.45. The summed E-state index contributed by atoms with van der Waals surface area (Å²) in [4.78, 5) is 4.05. The van der Waals surface area contributed by atoms with E-state index in [2.05, 4.69) is 29.5 Å². The van der Waals surface area contributed by atoms with Crippen LogP contribution in [0.2, 0.25) is 0 Å². The Hall–Kier alpha value is -2.03. The summed E-state index contributed by atoms with van der Waals surface area (Å²) in [6.07, 6.45) is 5.83. The van der Waals surface area contributed by atoms with Crippen LogP contribution in [0.25, 0.3) is 11.1 Å². The number of pyridine rings is 1. The molecule has 0 aliphatic heterocycles. The van der Waals surface area contributed by atoms with Gasteiger partial charge in [-0.25, -0.2) is 0 Å². The van der Waals surface area contributed by atoms with Gasteiger partial charge in [0.05, 0.1) is 12.8 Å². The smallest absolute Gasteiger partial charge is 0.119 e. The van der Waals surface area contributed by atoms with Crippen LogP contribution in [-0.4, -0.2) is 18.6 Å². The molecule has 1 aromatic carbocycles. The number of benzene rings is 1. The molecular weight excluding hydrogens is 224 g/mol. The summed E-state index contributed by atoms with van der Waals surface area (Å²) in [6, 6.07) is 9.98. The molecule has 0 spiro atoms. The van der Waals surface area contributed by atoms with Gasteiger partial charge in [-0.05, 0) is 30.2 Å². The predicted octanol–water partition coefficient (Wildman–Crippen LogP) is 3.38. The molecule has 0 aliphatic carbocycles. The van der Waals surface area contributed by atoms with Gasteiger partial charge in [-0.3, -0.25) is 4.98 Å². The van der Waals surface area contributed by atoms with Gasteiger partial charge >= 0.3 is 0 Å². The van der Waals surface area contributed by atoms with Gasteiger partial charge in [-0.2, -0.15) is 0 Å². The molecule has 2 aromatic rings. The van der Waals surface area contributed by atoms with Crippen LogP contribution in [0.3, 0.4) is 0 Å². The molecule has 0 saturated carbocycles. The second kappa shape index (κ2) is 6.05. The lowest BCUT2D eigenvalue weighted by molar-refractivity contribution is 0.415. The molecule has 18 heavy (non-hydrogen) atoms. The number of nitrogens with one attached hydrogen (secondary N) is 1. The van der Waals surface area contributed by atoms with Crippen molar-refractivity contribution in [3.05, 3.63) is 42.7 Å². The third-order valence-electron chi connectivity index (χ3n) is 2.69. The quantitative estimate of drug-likeness (QED) is 0.871. The molecule has 93 valence electrons. The van der Waals surface area contributed by atoms with Crippen LogP contribution in [0.1, 0.15) is 13.3 Å². The number of nitrogens with zero attached hydrogens (tertiary/aromatic N) is 1. The number of hydrogen-bond donors (Lipinski definition) is 1. The first-order chi connectivity index (χ1) is 8.85. The number of anilines is 1. The van der Waals surface area contributed by atoms with Gasteiger partial charge in [-0.15, -0.1) is 0 Å². The Balaban J connectivity index is 2.36. The van der Waals surface area contributed by atoms with Crippen molar-refractivity contribution in [2.75, 3.05) is 19.0 Å². The van der Waals surface area contributed by atoms with E-state index in [1.807, 2.05) is 24.3 Å². The van der Waals surface area contributed by atoms with Crippen molar-refractivity contribution in [3.63, 3.8) is 0 Å². The number of aromatic nitrogens is 1. The molecular formula is C15H17N2O. The SMILES string of the molecule is CCCNc1[c]nccc1-c1cccc(OC)c1. The molecule has 1 aromatic heterocycles. The standard InChI is InChI=1S/C15H17N2O/c1-3-8-17-15-11-16-9-7-14(15)12-5-4-6-13(10-12)18-2/h4-7,9-10,17H,3,8H2,1-2H3. The highest BCUT2D eigenvalue weighted by Crippen LogP contribution is 2.29. The van der Waals surface area contributed by atoms with E-state index < -0.39 is 0 Å². The van der Waals surface area contributed by atoms with E-state index in [4.69, 9.17) is 4.74 Å². The molecule has 0 bridgehead atoms. The zero-order valence-electron chi connectivity index (χ0n) is 10.7. The van der Waals surface area contributed by atoms with Crippen molar-refractivity contribution in [2.45, 2.75) is 13.3 Å². The molecule has 3 heteroatoms. The molecule has 1 N–H and O–H groups in total. The fourth-order valence-corrected chi connectivity index (χ4v) is 1.77. The second-order valence-electron chi connectivity index (χ2n) is 4.00. The van der Waals surface area contributed by atoms with Gasteiger partial charge in [0.25, 0.3) is 0 Å². The zero-order chi connectivity index (χ0) is 12.8. The first-order valence-electron chi connectivity index (χ1n) is 6.10. The van der Waals surface area contributed by atoms with E-state index >= 15 is 0 Å². The summed E-state index contributed by atoms with van der Waals surface area (Å²) in [7, 11) is 1.67. The monoisotopic (exact) mass is 241 g/mol. The van der Waals surface area contributed by atoms with Crippen LogP contribution < -0.4 is 10.1 Å². The van der Waals surface area contributed by atoms with Crippen LogP contribution in [0.15, 0.2) is 36.5 Å². The normalized spacial score (nSPS) is 10.1. The molecule has 1 heterocycles. The maximum absolute atomic E-state index is 5.25. The molecule has 3 nitrogen and oxygen atoms in total. The largest absolute Gasteiger partial charge is 0.497 e.